The van der Waals surface area contributed by atoms with E-state index in [0.29, 0.717) is 18.5 Å². The van der Waals surface area contributed by atoms with Gasteiger partial charge in [-0.2, -0.15) is 0 Å². The van der Waals surface area contributed by atoms with E-state index in [1.165, 1.54) is 5.56 Å². The minimum Gasteiger partial charge on any atom is -0.480 e. The monoisotopic (exact) mass is 453 g/mol. The van der Waals surface area contributed by atoms with Crippen LogP contribution >= 0.6 is 0 Å². The summed E-state index contributed by atoms with van der Waals surface area (Å²) in [6.45, 7) is 3.07. The lowest BCUT2D eigenvalue weighted by Gasteiger charge is -2.30. The molecule has 3 rings (SSSR count). The number of rotatable bonds is 10. The van der Waals surface area contributed by atoms with Crippen molar-refractivity contribution in [3.63, 3.8) is 0 Å². The van der Waals surface area contributed by atoms with E-state index in [4.69, 9.17) is 4.74 Å². The third kappa shape index (κ3) is 6.32. The maximum Gasteiger partial charge on any atom is 0.336 e. The summed E-state index contributed by atoms with van der Waals surface area (Å²) in [4.78, 5) is 38.3. The zero-order valence-corrected chi connectivity index (χ0v) is 19.1. The van der Waals surface area contributed by atoms with Gasteiger partial charge in [0.25, 0.3) is 0 Å². The van der Waals surface area contributed by atoms with Gasteiger partial charge in [-0.3, -0.25) is 15.1 Å². The number of benzene rings is 2. The van der Waals surface area contributed by atoms with Crippen LogP contribution in [0.4, 0.5) is 10.5 Å². The molecule has 0 spiro atoms. The number of amides is 2. The van der Waals surface area contributed by atoms with Crippen LogP contribution in [-0.2, 0) is 33.6 Å². The van der Waals surface area contributed by atoms with Crippen LogP contribution in [0.15, 0.2) is 48.5 Å². The van der Waals surface area contributed by atoms with Crippen LogP contribution in [0, 0.1) is 0 Å². The second kappa shape index (κ2) is 11.0. The SMILES string of the molecule is CCOC(=O)C(C)(CCc1ccccc1)NNC(=O)N(CC(=O)O)c1ccc2c(c1)CCC2. The molecule has 0 fully saturated rings. The van der Waals surface area contributed by atoms with Crippen molar-refractivity contribution >= 4 is 23.7 Å². The Hall–Kier alpha value is -3.39. The van der Waals surface area contributed by atoms with E-state index in [1.807, 2.05) is 42.5 Å². The van der Waals surface area contributed by atoms with Crippen LogP contribution in [0.5, 0.6) is 0 Å². The van der Waals surface area contributed by atoms with Crippen molar-refractivity contribution in [3.8, 4) is 0 Å². The summed E-state index contributed by atoms with van der Waals surface area (Å²) in [6, 6.07) is 14.6. The lowest BCUT2D eigenvalue weighted by Crippen LogP contribution is -2.60. The minimum absolute atomic E-state index is 0.204. The molecule has 2 amide bonds. The van der Waals surface area contributed by atoms with Gasteiger partial charge in [0.05, 0.1) is 6.61 Å². The highest BCUT2D eigenvalue weighted by molar-refractivity contribution is 5.96. The predicted octanol–water partition coefficient (Wildman–Crippen LogP) is 3.24. The van der Waals surface area contributed by atoms with Crippen LogP contribution in [-0.4, -0.2) is 41.8 Å². The minimum atomic E-state index is -1.20. The molecule has 1 aliphatic rings. The van der Waals surface area contributed by atoms with E-state index >= 15 is 0 Å². The number of esters is 1. The molecular weight excluding hydrogens is 422 g/mol. The molecule has 0 bridgehead atoms. The number of nitrogens with one attached hydrogen (secondary N) is 2. The molecule has 8 nitrogen and oxygen atoms in total. The molecule has 0 aromatic heterocycles. The Morgan fingerprint density at radius 1 is 1.09 bits per heavy atom. The quantitative estimate of drug-likeness (QED) is 0.377. The standard InChI is InChI=1S/C25H31N3O5/c1-3-33-23(31)25(2,15-14-18-8-5-4-6-9-18)27-26-24(32)28(17-22(29)30)21-13-12-19-10-7-11-20(19)16-21/h4-6,8-9,12-13,16,27H,3,7,10-11,14-15,17H2,1-2H3,(H,26,32)(H,29,30). The van der Waals surface area contributed by atoms with Gasteiger partial charge in [-0.1, -0.05) is 36.4 Å². The van der Waals surface area contributed by atoms with E-state index < -0.39 is 30.1 Å². The first-order valence-corrected chi connectivity index (χ1v) is 11.2. The summed E-state index contributed by atoms with van der Waals surface area (Å²) in [5.41, 5.74) is 8.06. The molecule has 2 aromatic carbocycles. The first kappa shape index (κ1) is 24.3. The van der Waals surface area contributed by atoms with E-state index in [1.54, 1.807) is 19.9 Å². The number of carboxylic acid groups (broad SMARTS) is 1. The van der Waals surface area contributed by atoms with Gasteiger partial charge < -0.3 is 9.84 Å². The smallest absolute Gasteiger partial charge is 0.336 e. The number of aliphatic carboxylic acids is 1. The van der Waals surface area contributed by atoms with Gasteiger partial charge in [0, 0.05) is 5.69 Å². The average Bonchev–Trinajstić information content (AvgIpc) is 3.28. The summed E-state index contributed by atoms with van der Waals surface area (Å²) in [6.07, 6.45) is 3.90. The molecule has 0 heterocycles. The lowest BCUT2D eigenvalue weighted by atomic mass is 9.94. The molecule has 0 saturated heterocycles. The fourth-order valence-electron chi connectivity index (χ4n) is 3.95. The Labute approximate surface area is 193 Å². The maximum atomic E-state index is 13.0. The second-order valence-corrected chi connectivity index (χ2v) is 8.38. The average molecular weight is 454 g/mol. The number of ether oxygens (including phenoxy) is 1. The Morgan fingerprint density at radius 3 is 2.52 bits per heavy atom. The van der Waals surface area contributed by atoms with Crippen molar-refractivity contribution < 1.29 is 24.2 Å². The highest BCUT2D eigenvalue weighted by Gasteiger charge is 2.35. The Balaban J connectivity index is 1.74. The molecular formula is C25H31N3O5. The number of nitrogens with zero attached hydrogens (tertiary/aromatic N) is 1. The first-order valence-electron chi connectivity index (χ1n) is 11.2. The number of carboxylic acids is 1. The zero-order valence-electron chi connectivity index (χ0n) is 19.1. The number of carbonyl (C=O) groups is 3. The summed E-state index contributed by atoms with van der Waals surface area (Å²) >= 11 is 0. The van der Waals surface area contributed by atoms with Crippen LogP contribution in [0.25, 0.3) is 0 Å². The Morgan fingerprint density at radius 2 is 1.82 bits per heavy atom. The lowest BCUT2D eigenvalue weighted by molar-refractivity contribution is -0.151. The van der Waals surface area contributed by atoms with Crippen LogP contribution < -0.4 is 15.8 Å². The Bertz CT molecular complexity index is 995. The number of hydrogen-bond acceptors (Lipinski definition) is 5. The topological polar surface area (TPSA) is 108 Å². The molecule has 0 saturated carbocycles. The van der Waals surface area contributed by atoms with E-state index in [-0.39, 0.29) is 6.61 Å². The third-order valence-corrected chi connectivity index (χ3v) is 5.86. The van der Waals surface area contributed by atoms with Gasteiger partial charge in [0.1, 0.15) is 12.1 Å². The molecule has 1 aliphatic carbocycles. The number of aryl methyl sites for hydroxylation is 3. The zero-order chi connectivity index (χ0) is 23.8. The number of fused-ring (bicyclic) bond motifs is 1. The van der Waals surface area contributed by atoms with E-state index in [9.17, 15) is 19.5 Å². The Kier molecular flexibility index (Phi) is 8.06. The molecule has 33 heavy (non-hydrogen) atoms. The molecule has 2 aromatic rings. The van der Waals surface area contributed by atoms with Gasteiger partial charge in [0.2, 0.25) is 0 Å². The van der Waals surface area contributed by atoms with Gasteiger partial charge in [-0.05, 0) is 74.8 Å². The van der Waals surface area contributed by atoms with Gasteiger partial charge >= 0.3 is 18.0 Å². The van der Waals surface area contributed by atoms with Crippen molar-refractivity contribution in [1.29, 1.82) is 0 Å². The number of urea groups is 1. The number of hydrazine groups is 1. The predicted molar refractivity (Wildman–Crippen MR) is 125 cm³/mol. The van der Waals surface area contributed by atoms with Crippen LogP contribution in [0.2, 0.25) is 0 Å². The molecule has 0 aliphatic heterocycles. The van der Waals surface area contributed by atoms with Crippen molar-refractivity contribution in [3.05, 3.63) is 65.2 Å². The second-order valence-electron chi connectivity index (χ2n) is 8.38. The largest absolute Gasteiger partial charge is 0.480 e. The summed E-state index contributed by atoms with van der Waals surface area (Å²) in [5, 5.41) is 9.37. The van der Waals surface area contributed by atoms with Crippen molar-refractivity contribution in [2.45, 2.75) is 51.5 Å². The molecule has 0 radical (unpaired) electrons. The van der Waals surface area contributed by atoms with Gasteiger partial charge in [-0.15, -0.1) is 0 Å². The molecule has 1 atom stereocenters. The number of anilines is 1. The van der Waals surface area contributed by atoms with Gasteiger partial charge in [-0.25, -0.2) is 15.0 Å². The number of hydrogen-bond donors (Lipinski definition) is 3. The van der Waals surface area contributed by atoms with E-state index in [2.05, 4.69) is 10.9 Å². The van der Waals surface area contributed by atoms with Crippen molar-refractivity contribution in [1.82, 2.24) is 10.9 Å². The van der Waals surface area contributed by atoms with E-state index in [0.717, 1.165) is 35.3 Å². The number of carbonyl (C=O) groups excluding carboxylic acids is 2. The molecule has 3 N–H and O–H groups in total. The summed E-state index contributed by atoms with van der Waals surface area (Å²) < 4.78 is 5.23. The van der Waals surface area contributed by atoms with Crippen LogP contribution in [0.3, 0.4) is 0 Å². The maximum absolute atomic E-state index is 13.0. The highest BCUT2D eigenvalue weighted by atomic mass is 16.5. The molecule has 1 unspecified atom stereocenters. The van der Waals surface area contributed by atoms with Crippen molar-refractivity contribution in [2.24, 2.45) is 0 Å². The highest BCUT2D eigenvalue weighted by Crippen LogP contribution is 2.27. The van der Waals surface area contributed by atoms with Crippen LogP contribution in [0.1, 0.15) is 43.4 Å². The van der Waals surface area contributed by atoms with Crippen molar-refractivity contribution in [2.75, 3.05) is 18.1 Å². The normalized spacial score (nSPS) is 14.1. The molecule has 8 heteroatoms. The fourth-order valence-corrected chi connectivity index (χ4v) is 3.95. The van der Waals surface area contributed by atoms with Gasteiger partial charge in [0.15, 0.2) is 0 Å². The molecule has 176 valence electrons. The first-order chi connectivity index (χ1) is 15.8. The summed E-state index contributed by atoms with van der Waals surface area (Å²) in [5.74, 6) is -1.63. The summed E-state index contributed by atoms with van der Waals surface area (Å²) in [7, 11) is 0. The third-order valence-electron chi connectivity index (χ3n) is 5.86. The fraction of sp³-hybridized carbons (Fsp3) is 0.400.